The molecule has 0 aliphatic carbocycles. The van der Waals surface area contributed by atoms with Crippen LogP contribution in [0.5, 0.6) is 0 Å². The summed E-state index contributed by atoms with van der Waals surface area (Å²) in [6, 6.07) is 32.7. The molecule has 4 nitrogen and oxygen atoms in total. The van der Waals surface area contributed by atoms with Gasteiger partial charge in [-0.1, -0.05) is 0 Å². The summed E-state index contributed by atoms with van der Waals surface area (Å²) in [5, 5.41) is 0. The van der Waals surface area contributed by atoms with Gasteiger partial charge in [0.15, 0.2) is 0 Å². The van der Waals surface area contributed by atoms with Gasteiger partial charge in [-0.3, -0.25) is 0 Å². The topological polar surface area (TPSA) is 68.3 Å². The van der Waals surface area contributed by atoms with Crippen LogP contribution >= 0.6 is 0 Å². The van der Waals surface area contributed by atoms with Gasteiger partial charge in [-0.25, -0.2) is 0 Å². The fraction of sp³-hybridized carbons (Fsp3) is 0. The first-order chi connectivity index (χ1) is 16.1. The third-order valence-corrected chi connectivity index (χ3v) is 16.6. The van der Waals surface area contributed by atoms with Crippen LogP contribution in [0.25, 0.3) is 0 Å². The first-order valence-corrected chi connectivity index (χ1v) is 16.2. The molecule has 5 heteroatoms. The first kappa shape index (κ1) is 22.5. The summed E-state index contributed by atoms with van der Waals surface area (Å²) in [6.07, 6.45) is 0. The maximum atomic E-state index is 14.1. The summed E-state index contributed by atoms with van der Waals surface area (Å²) in [5.74, 6) is 0. The van der Waals surface area contributed by atoms with E-state index in [9.17, 15) is 19.2 Å². The summed E-state index contributed by atoms with van der Waals surface area (Å²) in [5.41, 5.74) is 0.801. The van der Waals surface area contributed by atoms with Crippen molar-refractivity contribution in [2.45, 2.75) is 0 Å². The molecular weight excluding hydrogens is 519 g/mol. The third kappa shape index (κ3) is 4.22. The van der Waals surface area contributed by atoms with E-state index in [1.807, 2.05) is 0 Å². The van der Waals surface area contributed by atoms with Gasteiger partial charge < -0.3 is 0 Å². The molecule has 4 rings (SSSR count). The molecule has 4 aromatic rings. The Labute approximate surface area is 195 Å². The zero-order valence-corrected chi connectivity index (χ0v) is 20.5. The molecule has 0 saturated heterocycles. The van der Waals surface area contributed by atoms with Crippen LogP contribution in [-0.2, 0) is 0 Å². The average Bonchev–Trinajstić information content (AvgIpc) is 2.90. The van der Waals surface area contributed by atoms with E-state index in [1.165, 1.54) is 0 Å². The molecule has 0 bridgehead atoms. The Hall–Kier alpha value is -3.64. The Morgan fingerprint density at radius 1 is 0.333 bits per heavy atom. The molecule has 0 atom stereocenters. The SMILES string of the molecule is O=[C](c1ccccc1)[Sn]([C](=O)c1ccccc1)([C](=O)c1ccccc1)[C](=O)c1ccccc1. The van der Waals surface area contributed by atoms with Crippen molar-refractivity contribution in [1.29, 1.82) is 0 Å². The quantitative estimate of drug-likeness (QED) is 0.292. The van der Waals surface area contributed by atoms with Gasteiger partial charge in [0.2, 0.25) is 0 Å². The molecule has 0 aromatic heterocycles. The van der Waals surface area contributed by atoms with E-state index in [-0.39, 0.29) is 22.3 Å². The fourth-order valence-electron chi connectivity index (χ4n) is 3.84. The van der Waals surface area contributed by atoms with Crippen LogP contribution in [0.2, 0.25) is 0 Å². The number of carbonyl (C=O) groups excluding carboxylic acids is 4. The summed E-state index contributed by atoms with van der Waals surface area (Å²) in [6.45, 7) is 0. The molecule has 33 heavy (non-hydrogen) atoms. The molecule has 160 valence electrons. The van der Waals surface area contributed by atoms with Gasteiger partial charge in [-0.05, 0) is 0 Å². The molecule has 0 radical (unpaired) electrons. The van der Waals surface area contributed by atoms with Gasteiger partial charge in [-0.2, -0.15) is 0 Å². The maximum absolute atomic E-state index is 14.1. The van der Waals surface area contributed by atoms with Crippen LogP contribution in [-0.4, -0.2) is 33.6 Å². The van der Waals surface area contributed by atoms with Crippen molar-refractivity contribution in [3.63, 3.8) is 0 Å². The zero-order chi connectivity index (χ0) is 23.3. The first-order valence-electron chi connectivity index (χ1n) is 10.5. The van der Waals surface area contributed by atoms with E-state index < -0.39 is 33.6 Å². The molecule has 4 aromatic carbocycles. The second kappa shape index (κ2) is 9.88. The summed E-state index contributed by atoms with van der Waals surface area (Å²) in [4.78, 5) is 56.6. The van der Waals surface area contributed by atoms with Crippen LogP contribution < -0.4 is 0 Å². The van der Waals surface area contributed by atoms with Gasteiger partial charge in [0, 0.05) is 0 Å². The van der Waals surface area contributed by atoms with Crippen LogP contribution in [0.4, 0.5) is 0 Å². The summed E-state index contributed by atoms with van der Waals surface area (Å²) >= 11 is -5.81. The number of benzene rings is 4. The monoisotopic (exact) mass is 540 g/mol. The van der Waals surface area contributed by atoms with Crippen LogP contribution in [0.15, 0.2) is 121 Å². The number of hydrogen-bond donors (Lipinski definition) is 0. The number of hydrogen-bond acceptors (Lipinski definition) is 4. The van der Waals surface area contributed by atoms with E-state index in [0.29, 0.717) is 0 Å². The Kier molecular flexibility index (Phi) is 6.75. The Morgan fingerprint density at radius 3 is 0.697 bits per heavy atom. The van der Waals surface area contributed by atoms with Crippen molar-refractivity contribution in [2.75, 3.05) is 0 Å². The van der Waals surface area contributed by atoms with Crippen molar-refractivity contribution < 1.29 is 19.2 Å². The molecule has 0 saturated carbocycles. The minimum absolute atomic E-state index is 0.200. The zero-order valence-electron chi connectivity index (χ0n) is 17.7. The summed E-state index contributed by atoms with van der Waals surface area (Å²) in [7, 11) is 0. The van der Waals surface area contributed by atoms with E-state index in [4.69, 9.17) is 0 Å². The molecule has 0 fully saturated rings. The van der Waals surface area contributed by atoms with Gasteiger partial charge in [0.25, 0.3) is 0 Å². The summed E-state index contributed by atoms with van der Waals surface area (Å²) < 4.78 is -2.55. The standard InChI is InChI=1S/4C7H5O.Sn/c4*8-6-7-4-2-1-3-5-7;/h4*1-5H;. The van der Waals surface area contributed by atoms with Gasteiger partial charge in [-0.15, -0.1) is 0 Å². The van der Waals surface area contributed by atoms with Crippen LogP contribution in [0.1, 0.15) is 41.4 Å². The molecule has 0 amide bonds. The normalized spacial score (nSPS) is 10.9. The Morgan fingerprint density at radius 2 is 0.515 bits per heavy atom. The van der Waals surface area contributed by atoms with E-state index in [0.717, 1.165) is 0 Å². The Bertz CT molecular complexity index is 1090. The van der Waals surface area contributed by atoms with Gasteiger partial charge >= 0.3 is 196 Å². The second-order valence-electron chi connectivity index (χ2n) is 7.53. The molecule has 0 spiro atoms. The van der Waals surface area contributed by atoms with Gasteiger partial charge in [0.05, 0.1) is 0 Å². The fourth-order valence-corrected chi connectivity index (χ4v) is 14.2. The molecule has 0 aliphatic rings. The van der Waals surface area contributed by atoms with Crippen LogP contribution in [0.3, 0.4) is 0 Å². The van der Waals surface area contributed by atoms with Crippen LogP contribution in [0, 0.1) is 0 Å². The molecule has 0 heterocycles. The second-order valence-corrected chi connectivity index (χ2v) is 17.0. The van der Waals surface area contributed by atoms with E-state index in [1.54, 1.807) is 121 Å². The predicted octanol–water partition coefficient (Wildman–Crippen LogP) is 5.12. The van der Waals surface area contributed by atoms with E-state index >= 15 is 0 Å². The van der Waals surface area contributed by atoms with Crippen molar-refractivity contribution in [3.8, 4) is 0 Å². The number of rotatable bonds is 8. The van der Waals surface area contributed by atoms with Crippen molar-refractivity contribution in [2.24, 2.45) is 0 Å². The van der Waals surface area contributed by atoms with Gasteiger partial charge in [0.1, 0.15) is 0 Å². The van der Waals surface area contributed by atoms with Crippen molar-refractivity contribution in [3.05, 3.63) is 144 Å². The number of carbonyl (C=O) groups is 4. The average molecular weight is 539 g/mol. The molecule has 0 N–H and O–H groups in total. The van der Waals surface area contributed by atoms with Crippen molar-refractivity contribution >= 4 is 33.6 Å². The minimum atomic E-state index is -5.81. The van der Waals surface area contributed by atoms with Crippen molar-refractivity contribution in [1.82, 2.24) is 0 Å². The Balaban J connectivity index is 2.04. The third-order valence-electron chi connectivity index (χ3n) is 5.51. The predicted molar refractivity (Wildman–Crippen MR) is 129 cm³/mol. The molecule has 0 unspecified atom stereocenters. The van der Waals surface area contributed by atoms with E-state index in [2.05, 4.69) is 0 Å². The molecule has 0 aliphatic heterocycles. The molecular formula is C28H20O4Sn.